The zero-order chi connectivity index (χ0) is 23.3. The molecule has 0 aromatic heterocycles. The van der Waals surface area contributed by atoms with Crippen molar-refractivity contribution in [2.75, 3.05) is 18.4 Å². The highest BCUT2D eigenvalue weighted by molar-refractivity contribution is 6.83. The lowest BCUT2D eigenvalue weighted by molar-refractivity contribution is -0.125. The standard InChI is InChI=1S/C24H33FN4O2Si/c1-6-32(4,5)24(12-9-13-24)21(30)28-20-16-15-29(23(2,3)17(16)14-26-20)22(31)27-19-11-8-7-10-18(19)25/h7-8,10-11H,6,9,12-15H2,1-5H3,(H,27,31)(H,26,28,30). The minimum absolute atomic E-state index is 0.0989. The predicted octanol–water partition coefficient (Wildman–Crippen LogP) is 4.93. The quantitative estimate of drug-likeness (QED) is 0.631. The average Bonchev–Trinajstić information content (AvgIpc) is 3.21. The van der Waals surface area contributed by atoms with Crippen molar-refractivity contribution in [3.63, 3.8) is 0 Å². The number of carbonyl (C=O) groups excluding carboxylic acids is 2. The summed E-state index contributed by atoms with van der Waals surface area (Å²) in [7, 11) is -1.71. The number of urea groups is 1. The van der Waals surface area contributed by atoms with E-state index in [1.54, 1.807) is 23.1 Å². The Labute approximate surface area is 190 Å². The molecular weight excluding hydrogens is 423 g/mol. The number of amides is 3. The molecule has 0 spiro atoms. The van der Waals surface area contributed by atoms with E-state index in [4.69, 9.17) is 0 Å². The lowest BCUT2D eigenvalue weighted by Crippen LogP contribution is -2.56. The van der Waals surface area contributed by atoms with Crippen molar-refractivity contribution >= 4 is 31.5 Å². The molecule has 1 aromatic rings. The number of para-hydroxylation sites is 1. The van der Waals surface area contributed by atoms with E-state index in [-0.39, 0.29) is 22.7 Å². The molecule has 0 unspecified atom stereocenters. The summed E-state index contributed by atoms with van der Waals surface area (Å²) in [5.41, 5.74) is 1.52. The third kappa shape index (κ3) is 3.39. The molecule has 1 saturated carbocycles. The van der Waals surface area contributed by atoms with Crippen molar-refractivity contribution in [2.45, 2.75) is 69.7 Å². The van der Waals surface area contributed by atoms with Gasteiger partial charge in [0.2, 0.25) is 5.91 Å². The second kappa shape index (κ2) is 7.83. The summed E-state index contributed by atoms with van der Waals surface area (Å²) in [6.07, 6.45) is 3.00. The summed E-state index contributed by atoms with van der Waals surface area (Å²) in [6.45, 7) is 11.5. The van der Waals surface area contributed by atoms with Gasteiger partial charge in [-0.2, -0.15) is 0 Å². The van der Waals surface area contributed by atoms with Gasteiger partial charge in [-0.1, -0.05) is 44.6 Å². The molecule has 172 valence electrons. The van der Waals surface area contributed by atoms with Gasteiger partial charge < -0.3 is 15.5 Å². The highest BCUT2D eigenvalue weighted by Crippen LogP contribution is 2.56. The third-order valence-electron chi connectivity index (χ3n) is 8.19. The van der Waals surface area contributed by atoms with E-state index in [2.05, 4.69) is 35.6 Å². The fourth-order valence-electron chi connectivity index (χ4n) is 5.24. The number of hydrogen-bond acceptors (Lipinski definition) is 3. The van der Waals surface area contributed by atoms with Gasteiger partial charge in [0, 0.05) is 10.6 Å². The molecule has 1 aromatic carbocycles. The van der Waals surface area contributed by atoms with Gasteiger partial charge in [0.15, 0.2) is 0 Å². The summed E-state index contributed by atoms with van der Waals surface area (Å²) in [6, 6.07) is 6.84. The Morgan fingerprint density at radius 2 is 1.88 bits per heavy atom. The van der Waals surface area contributed by atoms with Gasteiger partial charge in [-0.25, -0.2) is 9.18 Å². The van der Waals surface area contributed by atoms with Crippen LogP contribution in [0.2, 0.25) is 24.2 Å². The van der Waals surface area contributed by atoms with Crippen LogP contribution >= 0.6 is 0 Å². The van der Waals surface area contributed by atoms with E-state index in [0.29, 0.717) is 18.9 Å². The fraction of sp³-hybridized carbons (Fsp3) is 0.542. The Hall–Kier alpha value is -2.48. The maximum atomic E-state index is 14.0. The molecule has 3 aliphatic rings. The molecule has 32 heavy (non-hydrogen) atoms. The van der Waals surface area contributed by atoms with Crippen LogP contribution in [0.1, 0.15) is 40.0 Å². The Morgan fingerprint density at radius 3 is 2.47 bits per heavy atom. The van der Waals surface area contributed by atoms with Crippen LogP contribution in [0.3, 0.4) is 0 Å². The molecule has 0 saturated heterocycles. The summed E-state index contributed by atoms with van der Waals surface area (Å²) < 4.78 is 14.0. The number of rotatable bonds is 4. The molecule has 8 heteroatoms. The first-order valence-electron chi connectivity index (χ1n) is 11.5. The van der Waals surface area contributed by atoms with Crippen LogP contribution in [0, 0.1) is 5.82 Å². The summed E-state index contributed by atoms with van der Waals surface area (Å²) in [5.74, 6) is 0.231. The van der Waals surface area contributed by atoms with E-state index in [1.807, 2.05) is 13.8 Å². The normalized spacial score (nSPS) is 21.1. The summed E-state index contributed by atoms with van der Waals surface area (Å²) in [5, 5.41) is 5.61. The summed E-state index contributed by atoms with van der Waals surface area (Å²) in [4.78, 5) is 32.8. The molecule has 0 bridgehead atoms. The molecule has 6 nitrogen and oxygen atoms in total. The molecule has 3 amide bonds. The molecule has 2 N–H and O–H groups in total. The first kappa shape index (κ1) is 22.7. The number of amidine groups is 1. The molecule has 2 heterocycles. The van der Waals surface area contributed by atoms with Crippen LogP contribution in [0.15, 0.2) is 40.4 Å². The molecule has 1 fully saturated rings. The topological polar surface area (TPSA) is 73.8 Å². The molecule has 4 rings (SSSR count). The smallest absolute Gasteiger partial charge is 0.311 e. The largest absolute Gasteiger partial charge is 0.322 e. The van der Waals surface area contributed by atoms with Gasteiger partial charge >= 0.3 is 6.03 Å². The zero-order valence-corrected chi connectivity index (χ0v) is 20.6. The first-order chi connectivity index (χ1) is 15.0. The van der Waals surface area contributed by atoms with Gasteiger partial charge in [0.05, 0.1) is 32.4 Å². The van der Waals surface area contributed by atoms with Crippen LogP contribution in [-0.2, 0) is 4.79 Å². The lowest BCUT2D eigenvalue weighted by Gasteiger charge is -2.50. The van der Waals surface area contributed by atoms with E-state index in [9.17, 15) is 14.0 Å². The van der Waals surface area contributed by atoms with Crippen LogP contribution in [0.5, 0.6) is 0 Å². The third-order valence-corrected chi connectivity index (χ3v) is 13.3. The molecule has 2 aliphatic heterocycles. The highest BCUT2D eigenvalue weighted by atomic mass is 28.3. The Morgan fingerprint density at radius 1 is 1.19 bits per heavy atom. The van der Waals surface area contributed by atoms with Crippen molar-refractivity contribution in [2.24, 2.45) is 4.99 Å². The van der Waals surface area contributed by atoms with Crippen LogP contribution < -0.4 is 10.6 Å². The molecule has 1 aliphatic carbocycles. The second-order valence-electron chi connectivity index (χ2n) is 10.3. The SMILES string of the molecule is CC[Si](C)(C)C1(C(=O)NC2=NCC3=C2CN(C(=O)Nc2ccccc2F)C3(C)C)CCC1. The van der Waals surface area contributed by atoms with Crippen LogP contribution in [-0.4, -0.2) is 49.4 Å². The van der Waals surface area contributed by atoms with Crippen molar-refractivity contribution in [1.29, 1.82) is 0 Å². The fourth-order valence-corrected chi connectivity index (χ4v) is 8.30. The van der Waals surface area contributed by atoms with E-state index in [0.717, 1.165) is 36.5 Å². The van der Waals surface area contributed by atoms with Gasteiger partial charge in [-0.05, 0) is 44.4 Å². The van der Waals surface area contributed by atoms with Crippen molar-refractivity contribution in [3.05, 3.63) is 41.2 Å². The van der Waals surface area contributed by atoms with Gasteiger partial charge in [0.25, 0.3) is 0 Å². The Kier molecular flexibility index (Phi) is 5.55. The number of nitrogens with one attached hydrogen (secondary N) is 2. The highest BCUT2D eigenvalue weighted by Gasteiger charge is 2.55. The number of carbonyl (C=O) groups is 2. The number of halogens is 1. The first-order valence-corrected chi connectivity index (χ1v) is 14.7. The number of aliphatic imine (C=N–C) groups is 1. The van der Waals surface area contributed by atoms with Crippen LogP contribution in [0.25, 0.3) is 0 Å². The minimum Gasteiger partial charge on any atom is -0.311 e. The van der Waals surface area contributed by atoms with Crippen LogP contribution in [0.4, 0.5) is 14.9 Å². The Bertz CT molecular complexity index is 1030. The van der Waals surface area contributed by atoms with Crippen molar-refractivity contribution in [3.8, 4) is 0 Å². The maximum absolute atomic E-state index is 14.0. The van der Waals surface area contributed by atoms with Gasteiger partial charge in [-0.3, -0.25) is 9.79 Å². The minimum atomic E-state index is -1.71. The van der Waals surface area contributed by atoms with E-state index < -0.39 is 19.4 Å². The van der Waals surface area contributed by atoms with Crippen molar-refractivity contribution < 1.29 is 14.0 Å². The summed E-state index contributed by atoms with van der Waals surface area (Å²) >= 11 is 0. The number of nitrogens with zero attached hydrogens (tertiary/aromatic N) is 2. The maximum Gasteiger partial charge on any atom is 0.322 e. The van der Waals surface area contributed by atoms with Crippen molar-refractivity contribution in [1.82, 2.24) is 10.2 Å². The predicted molar refractivity (Wildman–Crippen MR) is 128 cm³/mol. The van der Waals surface area contributed by atoms with E-state index in [1.165, 1.54) is 6.07 Å². The Balaban J connectivity index is 1.51. The van der Waals surface area contributed by atoms with Gasteiger partial charge in [-0.15, -0.1) is 0 Å². The lowest BCUT2D eigenvalue weighted by atomic mass is 9.83. The zero-order valence-electron chi connectivity index (χ0n) is 19.6. The average molecular weight is 457 g/mol. The second-order valence-corrected chi connectivity index (χ2v) is 15.7. The van der Waals surface area contributed by atoms with Gasteiger partial charge in [0.1, 0.15) is 11.7 Å². The number of anilines is 1. The number of hydrogen-bond donors (Lipinski definition) is 2. The molecule has 0 atom stereocenters. The number of benzene rings is 1. The molecular formula is C24H33FN4O2Si. The molecule has 0 radical (unpaired) electrons. The monoisotopic (exact) mass is 456 g/mol. The van der Waals surface area contributed by atoms with E-state index >= 15 is 0 Å².